The Labute approximate surface area is 111 Å². The molecule has 1 aliphatic heterocycles. The topological polar surface area (TPSA) is 32.5 Å². The summed E-state index contributed by atoms with van der Waals surface area (Å²) in [4.78, 5) is 4.81. The highest BCUT2D eigenvalue weighted by Gasteiger charge is 2.22. The molecule has 1 unspecified atom stereocenters. The summed E-state index contributed by atoms with van der Waals surface area (Å²) in [7, 11) is 4.40. The molecule has 2 rings (SSSR count). The number of likely N-dealkylation sites (tertiary alicyclic amines) is 1. The van der Waals surface area contributed by atoms with E-state index in [0.29, 0.717) is 6.04 Å². The van der Waals surface area contributed by atoms with Gasteiger partial charge in [0.2, 0.25) is 0 Å². The number of benzene rings is 1. The van der Waals surface area contributed by atoms with Crippen molar-refractivity contribution in [1.29, 1.82) is 0 Å². The van der Waals surface area contributed by atoms with Gasteiger partial charge in [0.15, 0.2) is 0 Å². The fraction of sp³-hybridized carbons (Fsp3) is 0.600. The van der Waals surface area contributed by atoms with Gasteiger partial charge in [0.05, 0.1) is 0 Å². The van der Waals surface area contributed by atoms with Gasteiger partial charge < -0.3 is 15.5 Å². The van der Waals surface area contributed by atoms with Gasteiger partial charge in [-0.05, 0) is 51.1 Å². The maximum absolute atomic E-state index is 5.87. The fourth-order valence-electron chi connectivity index (χ4n) is 2.66. The lowest BCUT2D eigenvalue weighted by Crippen LogP contribution is -2.36. The first kappa shape index (κ1) is 13.4. The minimum Gasteiger partial charge on any atom is -0.373 e. The van der Waals surface area contributed by atoms with Gasteiger partial charge in [0.25, 0.3) is 0 Å². The summed E-state index contributed by atoms with van der Waals surface area (Å²) in [6, 6.07) is 9.43. The molecular formula is C15H25N3. The van der Waals surface area contributed by atoms with Crippen LogP contribution >= 0.6 is 0 Å². The average Bonchev–Trinajstić information content (AvgIpc) is 2.75. The van der Waals surface area contributed by atoms with Crippen molar-refractivity contribution >= 4 is 5.69 Å². The van der Waals surface area contributed by atoms with E-state index in [0.717, 1.165) is 6.54 Å². The summed E-state index contributed by atoms with van der Waals surface area (Å²) < 4.78 is 0. The van der Waals surface area contributed by atoms with E-state index in [-0.39, 0.29) is 6.04 Å². The highest BCUT2D eigenvalue weighted by atomic mass is 15.2. The molecule has 1 heterocycles. The molecule has 1 fully saturated rings. The summed E-state index contributed by atoms with van der Waals surface area (Å²) in [5, 5.41) is 0. The zero-order valence-electron chi connectivity index (χ0n) is 11.8. The van der Waals surface area contributed by atoms with Gasteiger partial charge >= 0.3 is 0 Å². The Morgan fingerprint density at radius 2 is 2.06 bits per heavy atom. The second-order valence-corrected chi connectivity index (χ2v) is 5.54. The van der Waals surface area contributed by atoms with E-state index in [1.807, 2.05) is 6.92 Å². The predicted molar refractivity (Wildman–Crippen MR) is 78.0 cm³/mol. The SMILES string of the molecule is C[C@H](N)c1ccc(N(C)CC2CCCN2C)cc1. The van der Waals surface area contributed by atoms with Gasteiger partial charge in [-0.25, -0.2) is 0 Å². The van der Waals surface area contributed by atoms with Gasteiger partial charge in [0, 0.05) is 31.4 Å². The van der Waals surface area contributed by atoms with E-state index < -0.39 is 0 Å². The molecule has 2 N–H and O–H groups in total. The number of hydrogen-bond acceptors (Lipinski definition) is 3. The molecule has 0 radical (unpaired) electrons. The van der Waals surface area contributed by atoms with Crippen LogP contribution in [0.5, 0.6) is 0 Å². The second kappa shape index (κ2) is 5.72. The first-order chi connectivity index (χ1) is 8.58. The summed E-state index contributed by atoms with van der Waals surface area (Å²) in [6.45, 7) is 4.36. The lowest BCUT2D eigenvalue weighted by Gasteiger charge is -2.27. The number of nitrogens with zero attached hydrogens (tertiary/aromatic N) is 2. The number of likely N-dealkylation sites (N-methyl/N-ethyl adjacent to an activating group) is 2. The van der Waals surface area contributed by atoms with Crippen LogP contribution in [0.2, 0.25) is 0 Å². The zero-order valence-corrected chi connectivity index (χ0v) is 11.8. The maximum atomic E-state index is 5.87. The third-order valence-electron chi connectivity index (χ3n) is 4.02. The molecule has 1 saturated heterocycles. The third kappa shape index (κ3) is 3.03. The molecule has 1 aromatic rings. The lowest BCUT2D eigenvalue weighted by atomic mass is 10.1. The Bertz CT molecular complexity index is 372. The third-order valence-corrected chi connectivity index (χ3v) is 4.02. The average molecular weight is 247 g/mol. The molecule has 0 aromatic heterocycles. The largest absolute Gasteiger partial charge is 0.373 e. The molecule has 18 heavy (non-hydrogen) atoms. The Morgan fingerprint density at radius 1 is 1.39 bits per heavy atom. The molecule has 1 aliphatic rings. The van der Waals surface area contributed by atoms with Crippen LogP contribution < -0.4 is 10.6 Å². The van der Waals surface area contributed by atoms with Gasteiger partial charge in [0.1, 0.15) is 0 Å². The predicted octanol–water partition coefficient (Wildman–Crippen LogP) is 2.24. The summed E-state index contributed by atoms with van der Waals surface area (Å²) in [5.41, 5.74) is 8.35. The summed E-state index contributed by atoms with van der Waals surface area (Å²) in [5.74, 6) is 0. The van der Waals surface area contributed by atoms with Crippen molar-refractivity contribution in [3.8, 4) is 0 Å². The molecule has 2 atom stereocenters. The van der Waals surface area contributed by atoms with Crippen molar-refractivity contribution in [3.05, 3.63) is 29.8 Å². The molecule has 0 saturated carbocycles. The zero-order chi connectivity index (χ0) is 13.1. The first-order valence-corrected chi connectivity index (χ1v) is 6.85. The van der Waals surface area contributed by atoms with Gasteiger partial charge in [-0.2, -0.15) is 0 Å². The van der Waals surface area contributed by atoms with Gasteiger partial charge in [-0.1, -0.05) is 12.1 Å². The summed E-state index contributed by atoms with van der Waals surface area (Å²) in [6.07, 6.45) is 2.65. The molecule has 0 bridgehead atoms. The van der Waals surface area contributed by atoms with Crippen LogP contribution in [0.1, 0.15) is 31.4 Å². The van der Waals surface area contributed by atoms with Crippen LogP contribution in [-0.4, -0.2) is 38.1 Å². The minimum absolute atomic E-state index is 0.116. The Balaban J connectivity index is 1.98. The normalized spacial score (nSPS) is 22.1. The Kier molecular flexibility index (Phi) is 4.25. The molecule has 0 aliphatic carbocycles. The van der Waals surface area contributed by atoms with E-state index in [1.54, 1.807) is 0 Å². The smallest absolute Gasteiger partial charge is 0.0364 e. The molecule has 3 nitrogen and oxygen atoms in total. The van der Waals surface area contributed by atoms with Crippen molar-refractivity contribution in [2.45, 2.75) is 31.8 Å². The van der Waals surface area contributed by atoms with Gasteiger partial charge in [-0.3, -0.25) is 0 Å². The number of anilines is 1. The van der Waals surface area contributed by atoms with Crippen LogP contribution in [-0.2, 0) is 0 Å². The highest BCUT2D eigenvalue weighted by molar-refractivity contribution is 5.47. The maximum Gasteiger partial charge on any atom is 0.0364 e. The van der Waals surface area contributed by atoms with Crippen LogP contribution in [0.3, 0.4) is 0 Å². The quantitative estimate of drug-likeness (QED) is 0.885. The molecule has 1 aromatic carbocycles. The monoisotopic (exact) mass is 247 g/mol. The molecular weight excluding hydrogens is 222 g/mol. The molecule has 0 amide bonds. The van der Waals surface area contributed by atoms with E-state index in [1.165, 1.54) is 30.6 Å². The van der Waals surface area contributed by atoms with Crippen molar-refractivity contribution in [1.82, 2.24) is 4.90 Å². The first-order valence-electron chi connectivity index (χ1n) is 6.85. The molecule has 0 spiro atoms. The summed E-state index contributed by atoms with van der Waals surface area (Å²) >= 11 is 0. The van der Waals surface area contributed by atoms with Crippen LogP contribution in [0.25, 0.3) is 0 Å². The molecule has 3 heteroatoms. The molecule has 100 valence electrons. The second-order valence-electron chi connectivity index (χ2n) is 5.54. The van der Waals surface area contributed by atoms with Crippen molar-refractivity contribution in [2.24, 2.45) is 5.73 Å². The highest BCUT2D eigenvalue weighted by Crippen LogP contribution is 2.20. The number of hydrogen-bond donors (Lipinski definition) is 1. The van der Waals surface area contributed by atoms with Crippen LogP contribution in [0, 0.1) is 0 Å². The number of nitrogens with two attached hydrogens (primary N) is 1. The van der Waals surface area contributed by atoms with Crippen LogP contribution in [0.4, 0.5) is 5.69 Å². The van der Waals surface area contributed by atoms with Crippen LogP contribution in [0.15, 0.2) is 24.3 Å². The van der Waals surface area contributed by atoms with Crippen molar-refractivity contribution < 1.29 is 0 Å². The Morgan fingerprint density at radius 3 is 2.56 bits per heavy atom. The Hall–Kier alpha value is -1.06. The minimum atomic E-state index is 0.116. The van der Waals surface area contributed by atoms with Gasteiger partial charge in [-0.15, -0.1) is 0 Å². The van der Waals surface area contributed by atoms with Crippen molar-refractivity contribution in [2.75, 3.05) is 32.1 Å². The standard InChI is InChI=1S/C15H25N3/c1-12(16)13-6-8-14(9-7-13)18(3)11-15-5-4-10-17(15)2/h6-9,12,15H,4-5,10-11,16H2,1-3H3/t12-,15?/m0/s1. The van der Waals surface area contributed by atoms with E-state index in [4.69, 9.17) is 5.73 Å². The van der Waals surface area contributed by atoms with Crippen molar-refractivity contribution in [3.63, 3.8) is 0 Å². The lowest BCUT2D eigenvalue weighted by molar-refractivity contribution is 0.314. The van der Waals surface area contributed by atoms with E-state index in [2.05, 4.69) is 48.2 Å². The van der Waals surface area contributed by atoms with E-state index in [9.17, 15) is 0 Å². The fourth-order valence-corrected chi connectivity index (χ4v) is 2.66. The number of rotatable bonds is 4. The van der Waals surface area contributed by atoms with E-state index >= 15 is 0 Å².